The summed E-state index contributed by atoms with van der Waals surface area (Å²) in [4.78, 5) is 8.59. The number of benzene rings is 1. The van der Waals surface area contributed by atoms with Gasteiger partial charge in [0, 0.05) is 12.6 Å². The maximum Gasteiger partial charge on any atom is 0.146 e. The number of hydrogen-bond acceptors (Lipinski definition) is 5. The van der Waals surface area contributed by atoms with Crippen LogP contribution in [0.3, 0.4) is 0 Å². The number of nitrogens with two attached hydrogens (primary N) is 1. The normalized spacial score (nSPS) is 12.7. The van der Waals surface area contributed by atoms with E-state index in [1.54, 1.807) is 23.6 Å². The fourth-order valence-electron chi connectivity index (χ4n) is 2.07. The van der Waals surface area contributed by atoms with Gasteiger partial charge in [-0.3, -0.25) is 16.3 Å². The Balaban J connectivity index is 1.90. The largest absolute Gasteiger partial charge is 0.271 e. The molecule has 1 aromatic carbocycles. The molecule has 102 valence electrons. The SMILES string of the molecule is NNC(Cc1nc2ccccc2s1)c1ncccc1F. The van der Waals surface area contributed by atoms with Gasteiger partial charge >= 0.3 is 0 Å². The Morgan fingerprint density at radius 1 is 1.25 bits per heavy atom. The van der Waals surface area contributed by atoms with Crippen molar-refractivity contribution in [3.8, 4) is 0 Å². The van der Waals surface area contributed by atoms with Gasteiger partial charge in [-0.05, 0) is 24.3 Å². The summed E-state index contributed by atoms with van der Waals surface area (Å²) in [7, 11) is 0. The highest BCUT2D eigenvalue weighted by atomic mass is 32.1. The number of pyridine rings is 1. The van der Waals surface area contributed by atoms with Crippen molar-refractivity contribution >= 4 is 21.6 Å². The van der Waals surface area contributed by atoms with Crippen molar-refractivity contribution in [1.29, 1.82) is 0 Å². The first-order chi connectivity index (χ1) is 9.78. The van der Waals surface area contributed by atoms with Gasteiger partial charge in [0.15, 0.2) is 0 Å². The second kappa shape index (κ2) is 5.62. The van der Waals surface area contributed by atoms with Gasteiger partial charge < -0.3 is 0 Å². The molecule has 2 aromatic heterocycles. The monoisotopic (exact) mass is 288 g/mol. The smallest absolute Gasteiger partial charge is 0.146 e. The molecular formula is C14H13FN4S. The van der Waals surface area contributed by atoms with E-state index in [0.29, 0.717) is 12.1 Å². The highest BCUT2D eigenvalue weighted by Crippen LogP contribution is 2.26. The van der Waals surface area contributed by atoms with Crippen molar-refractivity contribution in [1.82, 2.24) is 15.4 Å². The summed E-state index contributed by atoms with van der Waals surface area (Å²) in [6.45, 7) is 0. The molecule has 0 aliphatic heterocycles. The van der Waals surface area contributed by atoms with Crippen LogP contribution in [0.1, 0.15) is 16.7 Å². The number of nitrogens with one attached hydrogen (secondary N) is 1. The first-order valence-corrected chi connectivity index (χ1v) is 7.00. The Hall–Kier alpha value is -1.89. The Morgan fingerprint density at radius 2 is 2.10 bits per heavy atom. The van der Waals surface area contributed by atoms with Gasteiger partial charge in [-0.25, -0.2) is 9.37 Å². The van der Waals surface area contributed by atoms with Crippen LogP contribution in [0.25, 0.3) is 10.2 Å². The predicted octanol–water partition coefficient (Wildman–Crippen LogP) is 2.58. The highest BCUT2D eigenvalue weighted by molar-refractivity contribution is 7.18. The highest BCUT2D eigenvalue weighted by Gasteiger charge is 2.18. The molecule has 3 N–H and O–H groups in total. The predicted molar refractivity (Wildman–Crippen MR) is 77.6 cm³/mol. The molecule has 0 bridgehead atoms. The number of hydrogen-bond donors (Lipinski definition) is 2. The van der Waals surface area contributed by atoms with Crippen LogP contribution in [0.2, 0.25) is 0 Å². The van der Waals surface area contributed by atoms with Gasteiger partial charge in [0.1, 0.15) is 5.82 Å². The van der Waals surface area contributed by atoms with Crippen molar-refractivity contribution < 1.29 is 4.39 Å². The maximum atomic E-state index is 13.8. The van der Waals surface area contributed by atoms with Crippen molar-refractivity contribution in [2.75, 3.05) is 0 Å². The number of aromatic nitrogens is 2. The Kier molecular flexibility index (Phi) is 3.68. The quantitative estimate of drug-likeness (QED) is 0.572. The minimum absolute atomic E-state index is 0.314. The molecular weight excluding hydrogens is 275 g/mol. The van der Waals surface area contributed by atoms with Crippen LogP contribution < -0.4 is 11.3 Å². The summed E-state index contributed by atoms with van der Waals surface area (Å²) in [5.41, 5.74) is 3.88. The maximum absolute atomic E-state index is 13.8. The molecule has 0 saturated heterocycles. The third-order valence-corrected chi connectivity index (χ3v) is 4.09. The number of hydrazine groups is 1. The Morgan fingerprint density at radius 3 is 2.85 bits per heavy atom. The molecule has 1 unspecified atom stereocenters. The summed E-state index contributed by atoms with van der Waals surface area (Å²) in [6.07, 6.45) is 2.06. The van der Waals surface area contributed by atoms with E-state index in [0.717, 1.165) is 15.2 Å². The van der Waals surface area contributed by atoms with E-state index in [9.17, 15) is 4.39 Å². The van der Waals surface area contributed by atoms with Crippen LogP contribution in [0.5, 0.6) is 0 Å². The van der Waals surface area contributed by atoms with Crippen LogP contribution in [-0.2, 0) is 6.42 Å². The molecule has 0 aliphatic rings. The molecule has 20 heavy (non-hydrogen) atoms. The van der Waals surface area contributed by atoms with Gasteiger partial charge in [0.05, 0.1) is 27.0 Å². The van der Waals surface area contributed by atoms with Gasteiger partial charge in [0.25, 0.3) is 0 Å². The van der Waals surface area contributed by atoms with E-state index in [2.05, 4.69) is 15.4 Å². The number of para-hydroxylation sites is 1. The molecule has 0 aliphatic carbocycles. The van der Waals surface area contributed by atoms with Crippen LogP contribution in [0.4, 0.5) is 4.39 Å². The molecule has 0 spiro atoms. The molecule has 0 radical (unpaired) electrons. The minimum atomic E-state index is -0.392. The average Bonchev–Trinajstić information content (AvgIpc) is 2.88. The second-order valence-corrected chi connectivity index (χ2v) is 5.48. The molecule has 0 fully saturated rings. The van der Waals surface area contributed by atoms with Gasteiger partial charge in [-0.15, -0.1) is 11.3 Å². The van der Waals surface area contributed by atoms with E-state index in [1.807, 2.05) is 24.3 Å². The molecule has 1 atom stereocenters. The van der Waals surface area contributed by atoms with Crippen molar-refractivity contribution in [3.05, 3.63) is 59.1 Å². The number of halogens is 1. The zero-order chi connectivity index (χ0) is 13.9. The number of rotatable bonds is 4. The van der Waals surface area contributed by atoms with Crippen molar-refractivity contribution in [2.45, 2.75) is 12.5 Å². The summed E-state index contributed by atoms with van der Waals surface area (Å²) in [5, 5.41) is 0.902. The van der Waals surface area contributed by atoms with Crippen molar-refractivity contribution in [3.63, 3.8) is 0 Å². The molecule has 0 amide bonds. The first kappa shape index (κ1) is 13.1. The van der Waals surface area contributed by atoms with Crippen LogP contribution in [-0.4, -0.2) is 9.97 Å². The topological polar surface area (TPSA) is 63.8 Å². The zero-order valence-electron chi connectivity index (χ0n) is 10.6. The van der Waals surface area contributed by atoms with E-state index >= 15 is 0 Å². The van der Waals surface area contributed by atoms with E-state index in [-0.39, 0.29) is 5.82 Å². The average molecular weight is 288 g/mol. The van der Waals surface area contributed by atoms with Gasteiger partial charge in [-0.1, -0.05) is 12.1 Å². The van der Waals surface area contributed by atoms with Crippen LogP contribution in [0.15, 0.2) is 42.6 Å². The molecule has 6 heteroatoms. The summed E-state index contributed by atoms with van der Waals surface area (Å²) >= 11 is 1.58. The molecule has 3 rings (SSSR count). The van der Waals surface area contributed by atoms with E-state index < -0.39 is 6.04 Å². The van der Waals surface area contributed by atoms with E-state index in [4.69, 9.17) is 5.84 Å². The summed E-state index contributed by atoms with van der Waals surface area (Å²) in [6, 6.07) is 10.4. The van der Waals surface area contributed by atoms with Crippen LogP contribution >= 0.6 is 11.3 Å². The molecule has 2 heterocycles. The standard InChI is InChI=1S/C14H13FN4S/c15-9-4-3-7-17-14(9)11(19-16)8-13-18-10-5-1-2-6-12(10)20-13/h1-7,11,19H,8,16H2. The van der Waals surface area contributed by atoms with E-state index in [1.165, 1.54) is 6.07 Å². The lowest BCUT2D eigenvalue weighted by atomic mass is 10.1. The van der Waals surface area contributed by atoms with Crippen LogP contribution in [0, 0.1) is 5.82 Å². The second-order valence-electron chi connectivity index (χ2n) is 4.37. The minimum Gasteiger partial charge on any atom is -0.271 e. The molecule has 0 saturated carbocycles. The number of thiazole rings is 1. The Bertz CT molecular complexity index is 695. The number of fused-ring (bicyclic) bond motifs is 1. The summed E-state index contributed by atoms with van der Waals surface area (Å²) in [5.74, 6) is 5.17. The van der Waals surface area contributed by atoms with Gasteiger partial charge in [-0.2, -0.15) is 0 Å². The fourth-order valence-corrected chi connectivity index (χ4v) is 3.08. The lowest BCUT2D eigenvalue weighted by Gasteiger charge is -2.14. The number of nitrogens with zero attached hydrogens (tertiary/aromatic N) is 2. The third-order valence-electron chi connectivity index (χ3n) is 3.04. The molecule has 4 nitrogen and oxygen atoms in total. The van der Waals surface area contributed by atoms with Crippen molar-refractivity contribution in [2.24, 2.45) is 5.84 Å². The third kappa shape index (κ3) is 2.53. The lowest BCUT2D eigenvalue weighted by Crippen LogP contribution is -2.31. The molecule has 3 aromatic rings. The fraction of sp³-hybridized carbons (Fsp3) is 0.143. The zero-order valence-corrected chi connectivity index (χ0v) is 11.4. The lowest BCUT2D eigenvalue weighted by molar-refractivity contribution is 0.494. The first-order valence-electron chi connectivity index (χ1n) is 6.19. The summed E-state index contributed by atoms with van der Waals surface area (Å²) < 4.78 is 14.9. The Labute approximate surface area is 119 Å². The van der Waals surface area contributed by atoms with Gasteiger partial charge in [0.2, 0.25) is 0 Å².